The SMILES string of the molecule is CCOC(=O)CC(=O)NC(C)C. The fourth-order valence-corrected chi connectivity index (χ4v) is 0.716. The molecular weight excluding hydrogens is 158 g/mol. The number of carbonyl (C=O) groups excluding carboxylic acids is 2. The van der Waals surface area contributed by atoms with Gasteiger partial charge in [0.25, 0.3) is 0 Å². The second-order valence-corrected chi connectivity index (χ2v) is 2.70. The van der Waals surface area contributed by atoms with Crippen molar-refractivity contribution in [2.75, 3.05) is 6.61 Å². The molecule has 0 rings (SSSR count). The number of rotatable bonds is 4. The first-order chi connectivity index (χ1) is 5.56. The van der Waals surface area contributed by atoms with E-state index in [1.165, 1.54) is 0 Å². The van der Waals surface area contributed by atoms with E-state index in [4.69, 9.17) is 0 Å². The Balaban J connectivity index is 3.62. The van der Waals surface area contributed by atoms with Crippen LogP contribution in [0.4, 0.5) is 0 Å². The molecule has 0 aliphatic heterocycles. The highest BCUT2D eigenvalue weighted by molar-refractivity contribution is 5.94. The van der Waals surface area contributed by atoms with Crippen LogP contribution in [-0.2, 0) is 14.3 Å². The Morgan fingerprint density at radius 2 is 2.00 bits per heavy atom. The number of nitrogens with one attached hydrogen (secondary N) is 1. The summed E-state index contributed by atoms with van der Waals surface area (Å²) in [5, 5.41) is 2.59. The van der Waals surface area contributed by atoms with E-state index < -0.39 is 5.97 Å². The molecule has 0 heterocycles. The van der Waals surface area contributed by atoms with Gasteiger partial charge in [0.05, 0.1) is 6.61 Å². The van der Waals surface area contributed by atoms with E-state index in [1.807, 2.05) is 13.8 Å². The summed E-state index contributed by atoms with van der Waals surface area (Å²) in [6, 6.07) is 0.0620. The van der Waals surface area contributed by atoms with Gasteiger partial charge in [0, 0.05) is 6.04 Å². The van der Waals surface area contributed by atoms with Gasteiger partial charge in [0.2, 0.25) is 5.91 Å². The van der Waals surface area contributed by atoms with Crippen LogP contribution < -0.4 is 5.32 Å². The quantitative estimate of drug-likeness (QED) is 0.496. The van der Waals surface area contributed by atoms with Gasteiger partial charge in [-0.2, -0.15) is 0 Å². The molecule has 0 aromatic heterocycles. The summed E-state index contributed by atoms with van der Waals surface area (Å²) in [6.45, 7) is 5.69. The van der Waals surface area contributed by atoms with E-state index >= 15 is 0 Å². The van der Waals surface area contributed by atoms with E-state index in [2.05, 4.69) is 10.1 Å². The molecule has 4 nitrogen and oxygen atoms in total. The Morgan fingerprint density at radius 3 is 2.42 bits per heavy atom. The first kappa shape index (κ1) is 10.9. The number of esters is 1. The fraction of sp³-hybridized carbons (Fsp3) is 0.750. The van der Waals surface area contributed by atoms with Crippen molar-refractivity contribution in [1.82, 2.24) is 5.32 Å². The van der Waals surface area contributed by atoms with Crippen molar-refractivity contribution in [1.29, 1.82) is 0 Å². The Labute approximate surface area is 72.3 Å². The molecule has 0 fully saturated rings. The zero-order valence-electron chi connectivity index (χ0n) is 7.72. The molecule has 12 heavy (non-hydrogen) atoms. The maximum atomic E-state index is 10.9. The highest BCUT2D eigenvalue weighted by Gasteiger charge is 2.09. The molecule has 0 aromatic rings. The molecule has 0 unspecified atom stereocenters. The van der Waals surface area contributed by atoms with E-state index in [0.717, 1.165) is 0 Å². The lowest BCUT2D eigenvalue weighted by atomic mass is 10.3. The highest BCUT2D eigenvalue weighted by Crippen LogP contribution is 1.87. The minimum atomic E-state index is -0.476. The van der Waals surface area contributed by atoms with Crippen LogP contribution in [0.3, 0.4) is 0 Å². The Bertz CT molecular complexity index is 166. The van der Waals surface area contributed by atoms with Gasteiger partial charge in [-0.25, -0.2) is 0 Å². The van der Waals surface area contributed by atoms with Gasteiger partial charge in [-0.15, -0.1) is 0 Å². The minimum Gasteiger partial charge on any atom is -0.466 e. The molecule has 0 radical (unpaired) electrons. The third-order valence-electron chi connectivity index (χ3n) is 1.06. The number of ether oxygens (including phenoxy) is 1. The van der Waals surface area contributed by atoms with Gasteiger partial charge in [-0.1, -0.05) is 0 Å². The first-order valence-electron chi connectivity index (χ1n) is 4.01. The molecule has 0 saturated carbocycles. The molecular formula is C8H15NO3. The van der Waals surface area contributed by atoms with Crippen LogP contribution in [0.15, 0.2) is 0 Å². The fourth-order valence-electron chi connectivity index (χ4n) is 0.716. The van der Waals surface area contributed by atoms with Crippen LogP contribution in [0.25, 0.3) is 0 Å². The number of hydrogen-bond acceptors (Lipinski definition) is 3. The van der Waals surface area contributed by atoms with Gasteiger partial charge < -0.3 is 10.1 Å². The monoisotopic (exact) mass is 173 g/mol. The Morgan fingerprint density at radius 1 is 1.42 bits per heavy atom. The first-order valence-corrected chi connectivity index (χ1v) is 4.01. The van der Waals surface area contributed by atoms with Crippen molar-refractivity contribution in [2.24, 2.45) is 0 Å². The average Bonchev–Trinajstić information content (AvgIpc) is 1.84. The van der Waals surface area contributed by atoms with Gasteiger partial charge in [-0.3, -0.25) is 9.59 Å². The van der Waals surface area contributed by atoms with Crippen molar-refractivity contribution in [2.45, 2.75) is 33.2 Å². The van der Waals surface area contributed by atoms with Crippen LogP contribution >= 0.6 is 0 Å². The van der Waals surface area contributed by atoms with Gasteiger partial charge in [0.15, 0.2) is 0 Å². The zero-order chi connectivity index (χ0) is 9.56. The molecule has 0 bridgehead atoms. The molecule has 70 valence electrons. The lowest BCUT2D eigenvalue weighted by Gasteiger charge is -2.07. The van der Waals surface area contributed by atoms with Gasteiger partial charge in [-0.05, 0) is 20.8 Å². The summed E-state index contributed by atoms with van der Waals surface area (Å²) >= 11 is 0. The highest BCUT2D eigenvalue weighted by atomic mass is 16.5. The number of carbonyl (C=O) groups is 2. The smallest absolute Gasteiger partial charge is 0.315 e. The summed E-state index contributed by atoms with van der Waals surface area (Å²) in [4.78, 5) is 21.7. The predicted molar refractivity (Wildman–Crippen MR) is 44.5 cm³/mol. The summed E-state index contributed by atoms with van der Waals surface area (Å²) < 4.78 is 4.59. The molecule has 0 atom stereocenters. The van der Waals surface area contributed by atoms with Crippen molar-refractivity contribution in [3.63, 3.8) is 0 Å². The second-order valence-electron chi connectivity index (χ2n) is 2.70. The molecule has 0 saturated heterocycles. The minimum absolute atomic E-state index is 0.0620. The molecule has 1 amide bonds. The third-order valence-corrected chi connectivity index (χ3v) is 1.06. The molecule has 0 aliphatic carbocycles. The van der Waals surface area contributed by atoms with E-state index in [-0.39, 0.29) is 18.4 Å². The predicted octanol–water partition coefficient (Wildman–Crippen LogP) is 0.464. The third kappa shape index (κ3) is 5.70. The van der Waals surface area contributed by atoms with Crippen LogP contribution in [0.5, 0.6) is 0 Å². The van der Waals surface area contributed by atoms with Crippen LogP contribution in [-0.4, -0.2) is 24.5 Å². The average molecular weight is 173 g/mol. The van der Waals surface area contributed by atoms with Gasteiger partial charge in [0.1, 0.15) is 6.42 Å². The van der Waals surface area contributed by atoms with E-state index in [9.17, 15) is 9.59 Å². The normalized spacial score (nSPS) is 9.67. The standard InChI is InChI=1S/C8H15NO3/c1-4-12-8(11)5-7(10)9-6(2)3/h6H,4-5H2,1-3H3,(H,9,10). The van der Waals surface area contributed by atoms with Crippen molar-refractivity contribution >= 4 is 11.9 Å². The maximum absolute atomic E-state index is 10.9. The van der Waals surface area contributed by atoms with Crippen molar-refractivity contribution in [3.8, 4) is 0 Å². The van der Waals surface area contributed by atoms with Crippen LogP contribution in [0.2, 0.25) is 0 Å². The number of hydrogen-bond donors (Lipinski definition) is 1. The Hall–Kier alpha value is -1.06. The largest absolute Gasteiger partial charge is 0.466 e. The van der Waals surface area contributed by atoms with E-state index in [1.54, 1.807) is 6.92 Å². The van der Waals surface area contributed by atoms with Crippen LogP contribution in [0, 0.1) is 0 Å². The summed E-state index contributed by atoms with van der Waals surface area (Å²) in [7, 11) is 0. The Kier molecular flexibility index (Phi) is 5.08. The van der Waals surface area contributed by atoms with Crippen LogP contribution in [0.1, 0.15) is 27.2 Å². The second kappa shape index (κ2) is 5.57. The molecule has 0 aliphatic rings. The topological polar surface area (TPSA) is 55.4 Å². The maximum Gasteiger partial charge on any atom is 0.315 e. The molecule has 0 spiro atoms. The molecule has 0 aromatic carbocycles. The van der Waals surface area contributed by atoms with Gasteiger partial charge >= 0.3 is 5.97 Å². The lowest BCUT2D eigenvalue weighted by Crippen LogP contribution is -2.32. The van der Waals surface area contributed by atoms with E-state index in [0.29, 0.717) is 6.61 Å². The summed E-state index contributed by atoms with van der Waals surface area (Å²) in [5.74, 6) is -0.765. The summed E-state index contributed by atoms with van der Waals surface area (Å²) in [5.41, 5.74) is 0. The number of amides is 1. The van der Waals surface area contributed by atoms with Crippen molar-refractivity contribution in [3.05, 3.63) is 0 Å². The molecule has 4 heteroatoms. The van der Waals surface area contributed by atoms with Crippen molar-refractivity contribution < 1.29 is 14.3 Å². The molecule has 1 N–H and O–H groups in total. The summed E-state index contributed by atoms with van der Waals surface area (Å²) in [6.07, 6.45) is -0.188. The zero-order valence-corrected chi connectivity index (χ0v) is 7.72. The lowest BCUT2D eigenvalue weighted by molar-refractivity contribution is -0.146.